The molecule has 0 aromatic heterocycles. The maximum Gasteiger partial charge on any atom is 0.0991 e. The third kappa shape index (κ3) is 3.08. The molecule has 0 heterocycles. The van der Waals surface area contributed by atoms with Gasteiger partial charge in [-0.1, -0.05) is 13.0 Å². The van der Waals surface area contributed by atoms with Crippen molar-refractivity contribution in [2.45, 2.75) is 45.7 Å². The van der Waals surface area contributed by atoms with E-state index in [9.17, 15) is 0 Å². The molecular formula is C15H20N2. The Morgan fingerprint density at radius 1 is 1.41 bits per heavy atom. The zero-order chi connectivity index (χ0) is 12.3. The summed E-state index contributed by atoms with van der Waals surface area (Å²) in [7, 11) is 0. The summed E-state index contributed by atoms with van der Waals surface area (Å²) in [6.45, 7) is 6.56. The van der Waals surface area contributed by atoms with Gasteiger partial charge in [0.25, 0.3) is 0 Å². The van der Waals surface area contributed by atoms with Crippen molar-refractivity contribution < 1.29 is 0 Å². The summed E-state index contributed by atoms with van der Waals surface area (Å²) < 4.78 is 0. The highest BCUT2D eigenvalue weighted by molar-refractivity contribution is 5.37. The second kappa shape index (κ2) is 5.33. The molecule has 0 N–H and O–H groups in total. The van der Waals surface area contributed by atoms with Crippen LogP contribution in [0.25, 0.3) is 0 Å². The first-order valence-electron chi connectivity index (χ1n) is 6.48. The fraction of sp³-hybridized carbons (Fsp3) is 0.533. The van der Waals surface area contributed by atoms with Crippen LogP contribution in [0.4, 0.5) is 0 Å². The molecule has 0 amide bonds. The van der Waals surface area contributed by atoms with Crippen LogP contribution < -0.4 is 0 Å². The van der Waals surface area contributed by atoms with Gasteiger partial charge in [-0.05, 0) is 56.0 Å². The van der Waals surface area contributed by atoms with Gasteiger partial charge in [-0.25, -0.2) is 0 Å². The first-order valence-corrected chi connectivity index (χ1v) is 6.48. The van der Waals surface area contributed by atoms with Crippen molar-refractivity contribution in [2.24, 2.45) is 0 Å². The lowest BCUT2D eigenvalue weighted by molar-refractivity contribution is 0.255. The molecule has 1 saturated carbocycles. The summed E-state index contributed by atoms with van der Waals surface area (Å²) in [5.41, 5.74) is 3.37. The van der Waals surface area contributed by atoms with E-state index in [2.05, 4.69) is 30.9 Å². The van der Waals surface area contributed by atoms with Crippen LogP contribution in [-0.2, 0) is 6.54 Å². The van der Waals surface area contributed by atoms with Gasteiger partial charge < -0.3 is 0 Å². The molecule has 2 nitrogen and oxygen atoms in total. The zero-order valence-electron chi connectivity index (χ0n) is 10.7. The summed E-state index contributed by atoms with van der Waals surface area (Å²) in [5, 5.41) is 8.86. The van der Waals surface area contributed by atoms with Gasteiger partial charge in [0.1, 0.15) is 0 Å². The average Bonchev–Trinajstić information content (AvgIpc) is 3.14. The van der Waals surface area contributed by atoms with E-state index in [0.29, 0.717) is 0 Å². The summed E-state index contributed by atoms with van der Waals surface area (Å²) in [5.74, 6) is 0. The van der Waals surface area contributed by atoms with Crippen molar-refractivity contribution in [3.8, 4) is 6.07 Å². The van der Waals surface area contributed by atoms with Crippen LogP contribution in [0.15, 0.2) is 18.2 Å². The van der Waals surface area contributed by atoms with Gasteiger partial charge in [0.05, 0.1) is 11.6 Å². The first kappa shape index (κ1) is 12.1. The number of rotatable bonds is 5. The molecule has 0 spiro atoms. The largest absolute Gasteiger partial charge is 0.296 e. The number of nitriles is 1. The quantitative estimate of drug-likeness (QED) is 0.773. The van der Waals surface area contributed by atoms with Crippen LogP contribution >= 0.6 is 0 Å². The second-order valence-electron chi connectivity index (χ2n) is 4.95. The van der Waals surface area contributed by atoms with Gasteiger partial charge in [-0.3, -0.25) is 4.90 Å². The minimum Gasteiger partial charge on any atom is -0.296 e. The number of aryl methyl sites for hydroxylation is 1. The lowest BCUT2D eigenvalue weighted by atomic mass is 10.0. The van der Waals surface area contributed by atoms with Crippen LogP contribution in [0.3, 0.4) is 0 Å². The van der Waals surface area contributed by atoms with Gasteiger partial charge in [0, 0.05) is 12.6 Å². The monoisotopic (exact) mass is 228 g/mol. The lowest BCUT2D eigenvalue weighted by Crippen LogP contribution is -2.26. The Kier molecular flexibility index (Phi) is 3.81. The third-order valence-electron chi connectivity index (χ3n) is 3.42. The Balaban J connectivity index is 2.09. The molecule has 90 valence electrons. The SMILES string of the molecule is CCCN(Cc1ccc(C#N)cc1C)C1CC1. The van der Waals surface area contributed by atoms with Crippen molar-refractivity contribution in [1.29, 1.82) is 5.26 Å². The third-order valence-corrected chi connectivity index (χ3v) is 3.42. The van der Waals surface area contributed by atoms with Crippen LogP contribution in [0, 0.1) is 18.3 Å². The standard InChI is InChI=1S/C15H20N2/c1-3-8-17(15-6-7-15)11-14-5-4-13(10-16)9-12(14)2/h4-5,9,15H,3,6-8,11H2,1-2H3. The molecule has 1 aromatic carbocycles. The maximum absolute atomic E-state index is 8.86. The highest BCUT2D eigenvalue weighted by atomic mass is 15.2. The normalized spacial score (nSPS) is 14.9. The number of hydrogen-bond donors (Lipinski definition) is 0. The van der Waals surface area contributed by atoms with Gasteiger partial charge in [-0.2, -0.15) is 5.26 Å². The molecule has 0 atom stereocenters. The molecule has 17 heavy (non-hydrogen) atoms. The first-order chi connectivity index (χ1) is 8.24. The average molecular weight is 228 g/mol. The number of benzene rings is 1. The Morgan fingerprint density at radius 3 is 2.71 bits per heavy atom. The minimum absolute atomic E-state index is 0.764. The highest BCUT2D eigenvalue weighted by Crippen LogP contribution is 2.29. The molecule has 2 rings (SSSR count). The summed E-state index contributed by atoms with van der Waals surface area (Å²) in [4.78, 5) is 2.58. The molecular weight excluding hydrogens is 208 g/mol. The second-order valence-corrected chi connectivity index (χ2v) is 4.95. The highest BCUT2D eigenvalue weighted by Gasteiger charge is 2.28. The Hall–Kier alpha value is -1.33. The maximum atomic E-state index is 8.86. The predicted octanol–water partition coefficient (Wildman–Crippen LogP) is 3.24. The Labute approximate surface area is 104 Å². The van der Waals surface area contributed by atoms with Gasteiger partial charge in [0.15, 0.2) is 0 Å². The molecule has 0 saturated heterocycles. The van der Waals surface area contributed by atoms with E-state index in [4.69, 9.17) is 5.26 Å². The van der Waals surface area contributed by atoms with Crippen LogP contribution in [0.2, 0.25) is 0 Å². The smallest absolute Gasteiger partial charge is 0.0991 e. The van der Waals surface area contributed by atoms with Crippen LogP contribution in [0.1, 0.15) is 42.9 Å². The molecule has 2 heteroatoms. The fourth-order valence-electron chi connectivity index (χ4n) is 2.28. The fourth-order valence-corrected chi connectivity index (χ4v) is 2.28. The van der Waals surface area contributed by atoms with E-state index in [1.807, 2.05) is 12.1 Å². The van der Waals surface area contributed by atoms with E-state index < -0.39 is 0 Å². The summed E-state index contributed by atoms with van der Waals surface area (Å²) >= 11 is 0. The van der Waals surface area contributed by atoms with Crippen molar-refractivity contribution >= 4 is 0 Å². The predicted molar refractivity (Wildman–Crippen MR) is 69.6 cm³/mol. The van der Waals surface area contributed by atoms with Crippen molar-refractivity contribution in [3.63, 3.8) is 0 Å². The van der Waals surface area contributed by atoms with E-state index in [0.717, 1.165) is 18.2 Å². The molecule has 0 radical (unpaired) electrons. The van der Waals surface area contributed by atoms with Crippen molar-refractivity contribution in [1.82, 2.24) is 4.90 Å². The molecule has 1 fully saturated rings. The molecule has 0 unspecified atom stereocenters. The van der Waals surface area contributed by atoms with E-state index in [1.54, 1.807) is 0 Å². The van der Waals surface area contributed by atoms with Crippen molar-refractivity contribution in [2.75, 3.05) is 6.54 Å². The van der Waals surface area contributed by atoms with Gasteiger partial charge >= 0.3 is 0 Å². The van der Waals surface area contributed by atoms with Gasteiger partial charge in [-0.15, -0.1) is 0 Å². The van der Waals surface area contributed by atoms with E-state index >= 15 is 0 Å². The summed E-state index contributed by atoms with van der Waals surface area (Å²) in [6.07, 6.45) is 3.93. The molecule has 0 aliphatic heterocycles. The number of hydrogen-bond acceptors (Lipinski definition) is 2. The van der Waals surface area contributed by atoms with Crippen LogP contribution in [-0.4, -0.2) is 17.5 Å². The zero-order valence-corrected chi connectivity index (χ0v) is 10.7. The van der Waals surface area contributed by atoms with Gasteiger partial charge in [0.2, 0.25) is 0 Å². The molecule has 0 bridgehead atoms. The van der Waals surface area contributed by atoms with E-state index in [1.165, 1.54) is 36.9 Å². The molecule has 1 aliphatic carbocycles. The lowest BCUT2D eigenvalue weighted by Gasteiger charge is -2.22. The Bertz CT molecular complexity index is 427. The summed E-state index contributed by atoms with van der Waals surface area (Å²) in [6, 6.07) is 9.04. The van der Waals surface area contributed by atoms with E-state index in [-0.39, 0.29) is 0 Å². The minimum atomic E-state index is 0.764. The van der Waals surface area contributed by atoms with Crippen LogP contribution in [0.5, 0.6) is 0 Å². The topological polar surface area (TPSA) is 27.0 Å². The molecule has 1 aromatic rings. The van der Waals surface area contributed by atoms with Crippen molar-refractivity contribution in [3.05, 3.63) is 34.9 Å². The number of nitrogens with zero attached hydrogens (tertiary/aromatic N) is 2. The molecule has 1 aliphatic rings. The Morgan fingerprint density at radius 2 is 2.18 bits per heavy atom.